The number of amides is 1. The highest BCUT2D eigenvalue weighted by atomic mass is 35.5. The van der Waals surface area contributed by atoms with Gasteiger partial charge in [0, 0.05) is 34.7 Å². The Morgan fingerprint density at radius 2 is 1.83 bits per heavy atom. The minimum Gasteiger partial charge on any atom is -0.489 e. The maximum absolute atomic E-state index is 13.2. The van der Waals surface area contributed by atoms with Crippen molar-refractivity contribution < 1.29 is 17.9 Å². The summed E-state index contributed by atoms with van der Waals surface area (Å²) >= 11 is 7.75. The fourth-order valence-electron chi connectivity index (χ4n) is 3.91. The second-order valence-electron chi connectivity index (χ2n) is 7.56. The van der Waals surface area contributed by atoms with Crippen LogP contribution < -0.4 is 14.4 Å². The third kappa shape index (κ3) is 3.08. The molecule has 152 valence electrons. The molecule has 2 unspecified atom stereocenters. The second kappa shape index (κ2) is 6.82. The highest BCUT2D eigenvalue weighted by Crippen LogP contribution is 2.58. The van der Waals surface area contributed by atoms with E-state index in [1.807, 2.05) is 11.8 Å². The Kier molecular flexibility index (Phi) is 4.49. The highest BCUT2D eigenvalue weighted by Gasteiger charge is 2.75. The van der Waals surface area contributed by atoms with Gasteiger partial charge in [0.2, 0.25) is 15.9 Å². The number of sulfonamides is 1. The van der Waals surface area contributed by atoms with E-state index in [9.17, 15) is 13.2 Å². The van der Waals surface area contributed by atoms with Crippen LogP contribution >= 0.6 is 23.4 Å². The molecule has 2 saturated heterocycles. The molecule has 0 spiro atoms. The van der Waals surface area contributed by atoms with Gasteiger partial charge in [0.05, 0.1) is 5.69 Å². The number of rotatable bonds is 5. The summed E-state index contributed by atoms with van der Waals surface area (Å²) in [7, 11) is -3.81. The number of carbonyl (C=O) groups excluding carboxylic acids is 1. The van der Waals surface area contributed by atoms with Crippen molar-refractivity contribution in [2.75, 3.05) is 27.7 Å². The van der Waals surface area contributed by atoms with Gasteiger partial charge in [0.15, 0.2) is 4.75 Å². The molecule has 1 N–H and O–H groups in total. The zero-order valence-corrected chi connectivity index (χ0v) is 17.8. The largest absolute Gasteiger partial charge is 0.489 e. The molecule has 29 heavy (non-hydrogen) atoms. The number of halogens is 1. The zero-order chi connectivity index (χ0) is 20.2. The molecule has 1 amide bonds. The van der Waals surface area contributed by atoms with Crippen molar-refractivity contribution in [1.82, 2.24) is 0 Å². The molecular weight excluding hydrogens is 432 g/mol. The molecule has 6 nitrogen and oxygen atoms in total. The van der Waals surface area contributed by atoms with Crippen molar-refractivity contribution in [3.05, 3.63) is 53.6 Å². The van der Waals surface area contributed by atoms with Crippen LogP contribution in [0.2, 0.25) is 5.02 Å². The molecule has 2 aromatic carbocycles. The van der Waals surface area contributed by atoms with E-state index < -0.39 is 20.7 Å². The molecular formula is C20H19ClN2O4S2. The highest BCUT2D eigenvalue weighted by molar-refractivity contribution is 8.00. The van der Waals surface area contributed by atoms with Crippen molar-refractivity contribution in [3.63, 3.8) is 0 Å². The number of hydrogen-bond donors (Lipinski definition) is 1. The number of thioether (sulfide) groups is 1. The predicted molar refractivity (Wildman–Crippen MR) is 115 cm³/mol. The Morgan fingerprint density at radius 1 is 1.14 bits per heavy atom. The standard InChI is InChI=1S/C20H19ClN2O4S2/c21-14-1-5-16(6-2-14)23-10-13-9-20(13,29(23,25)26)19(24)22-15-3-7-17(8-4-15)27-18-11-28-12-18/h1-8,13,18H,9-12H2,(H,22,24). The lowest BCUT2D eigenvalue weighted by Crippen LogP contribution is -2.42. The Morgan fingerprint density at radius 3 is 2.45 bits per heavy atom. The van der Waals surface area contributed by atoms with Gasteiger partial charge in [-0.3, -0.25) is 9.10 Å². The topological polar surface area (TPSA) is 75.7 Å². The molecule has 0 bridgehead atoms. The zero-order valence-electron chi connectivity index (χ0n) is 15.4. The van der Waals surface area contributed by atoms with Gasteiger partial charge in [-0.1, -0.05) is 11.6 Å². The summed E-state index contributed by atoms with van der Waals surface area (Å²) in [6, 6.07) is 13.7. The van der Waals surface area contributed by atoms with Gasteiger partial charge < -0.3 is 10.1 Å². The van der Waals surface area contributed by atoms with Gasteiger partial charge in [-0.05, 0) is 55.0 Å². The number of benzene rings is 2. The number of fused-ring (bicyclic) bond motifs is 1. The Balaban J connectivity index is 1.31. The van der Waals surface area contributed by atoms with E-state index in [0.717, 1.165) is 17.3 Å². The molecule has 1 aliphatic carbocycles. The van der Waals surface area contributed by atoms with Crippen LogP contribution in [0.15, 0.2) is 48.5 Å². The summed E-state index contributed by atoms with van der Waals surface area (Å²) in [5, 5.41) is 3.32. The summed E-state index contributed by atoms with van der Waals surface area (Å²) in [5.74, 6) is 2.05. The third-order valence-electron chi connectivity index (χ3n) is 5.71. The Hall–Kier alpha value is -1.90. The molecule has 2 aromatic rings. The average molecular weight is 451 g/mol. The lowest BCUT2D eigenvalue weighted by molar-refractivity contribution is -0.116. The van der Waals surface area contributed by atoms with E-state index in [-0.39, 0.29) is 12.0 Å². The van der Waals surface area contributed by atoms with Crippen LogP contribution in [0.3, 0.4) is 0 Å². The Labute approximate surface area is 178 Å². The maximum atomic E-state index is 13.2. The predicted octanol–water partition coefficient (Wildman–Crippen LogP) is 3.38. The molecule has 3 aliphatic rings. The van der Waals surface area contributed by atoms with Gasteiger partial charge in [-0.25, -0.2) is 8.42 Å². The van der Waals surface area contributed by atoms with Gasteiger partial charge in [-0.2, -0.15) is 11.8 Å². The first-order chi connectivity index (χ1) is 13.9. The molecule has 9 heteroatoms. The number of nitrogens with one attached hydrogen (secondary N) is 1. The first kappa shape index (κ1) is 19.1. The van der Waals surface area contributed by atoms with E-state index in [1.54, 1.807) is 48.5 Å². The molecule has 3 fully saturated rings. The molecule has 0 aromatic heterocycles. The van der Waals surface area contributed by atoms with Crippen molar-refractivity contribution >= 4 is 50.7 Å². The number of ether oxygens (including phenoxy) is 1. The molecule has 0 radical (unpaired) electrons. The Bertz CT molecular complexity index is 1050. The lowest BCUT2D eigenvalue weighted by atomic mass is 10.2. The van der Waals surface area contributed by atoms with E-state index in [4.69, 9.17) is 16.3 Å². The van der Waals surface area contributed by atoms with Gasteiger partial charge in [-0.15, -0.1) is 0 Å². The van der Waals surface area contributed by atoms with Crippen LogP contribution in [0.1, 0.15) is 6.42 Å². The van der Waals surface area contributed by atoms with Crippen molar-refractivity contribution in [3.8, 4) is 5.75 Å². The first-order valence-corrected chi connectivity index (χ1v) is 12.3. The molecule has 5 rings (SSSR count). The molecule has 2 heterocycles. The second-order valence-corrected chi connectivity index (χ2v) is 11.2. The molecule has 1 saturated carbocycles. The smallest absolute Gasteiger partial charge is 0.250 e. The quantitative estimate of drug-likeness (QED) is 0.755. The number of nitrogens with zero attached hydrogens (tertiary/aromatic N) is 1. The van der Waals surface area contributed by atoms with Gasteiger partial charge in [0.25, 0.3) is 0 Å². The van der Waals surface area contributed by atoms with Gasteiger partial charge in [0.1, 0.15) is 11.9 Å². The van der Waals surface area contributed by atoms with E-state index in [0.29, 0.717) is 29.4 Å². The number of anilines is 2. The summed E-state index contributed by atoms with van der Waals surface area (Å²) < 4.78 is 32.1. The van der Waals surface area contributed by atoms with Gasteiger partial charge >= 0.3 is 0 Å². The van der Waals surface area contributed by atoms with Crippen molar-refractivity contribution in [2.24, 2.45) is 5.92 Å². The third-order valence-corrected chi connectivity index (χ3v) is 9.72. The van der Waals surface area contributed by atoms with Crippen molar-refractivity contribution in [1.29, 1.82) is 0 Å². The van der Waals surface area contributed by atoms with Crippen molar-refractivity contribution in [2.45, 2.75) is 17.3 Å². The fraction of sp³-hybridized carbons (Fsp3) is 0.350. The monoisotopic (exact) mass is 450 g/mol. The molecule has 2 atom stereocenters. The summed E-state index contributed by atoms with van der Waals surface area (Å²) in [4.78, 5) is 13.0. The van der Waals surface area contributed by atoms with E-state index in [1.165, 1.54) is 4.31 Å². The van der Waals surface area contributed by atoms with E-state index in [2.05, 4.69) is 5.32 Å². The summed E-state index contributed by atoms with van der Waals surface area (Å²) in [5.41, 5.74) is 1.09. The minimum atomic E-state index is -3.81. The maximum Gasteiger partial charge on any atom is 0.250 e. The molecule has 2 aliphatic heterocycles. The lowest BCUT2D eigenvalue weighted by Gasteiger charge is -2.26. The van der Waals surface area contributed by atoms with Crippen LogP contribution in [-0.2, 0) is 14.8 Å². The van der Waals surface area contributed by atoms with Crippen LogP contribution in [0.25, 0.3) is 0 Å². The van der Waals surface area contributed by atoms with Crippen LogP contribution in [0.4, 0.5) is 11.4 Å². The fourth-order valence-corrected chi connectivity index (χ4v) is 6.96. The summed E-state index contributed by atoms with van der Waals surface area (Å²) in [6.45, 7) is 0.309. The van der Waals surface area contributed by atoms with Crippen LogP contribution in [-0.4, -0.2) is 43.2 Å². The van der Waals surface area contributed by atoms with Crippen LogP contribution in [0, 0.1) is 5.92 Å². The first-order valence-electron chi connectivity index (χ1n) is 9.34. The summed E-state index contributed by atoms with van der Waals surface area (Å²) in [6.07, 6.45) is 0.597. The number of carbonyl (C=O) groups is 1. The number of hydrogen-bond acceptors (Lipinski definition) is 5. The minimum absolute atomic E-state index is 0.207. The normalized spacial score (nSPS) is 27.1. The SMILES string of the molecule is O=C(Nc1ccc(OC2CSC2)cc1)C12CC1CN(c1ccc(Cl)cc1)S2(=O)=O. The van der Waals surface area contributed by atoms with Crippen LogP contribution in [0.5, 0.6) is 5.75 Å². The average Bonchev–Trinajstić information content (AvgIpc) is 3.36. The van der Waals surface area contributed by atoms with E-state index >= 15 is 0 Å².